The average molecular weight is 415 g/mol. The van der Waals surface area contributed by atoms with E-state index in [9.17, 15) is 14.7 Å². The molecule has 2 aromatic rings. The van der Waals surface area contributed by atoms with Crippen LogP contribution >= 0.6 is 0 Å². The number of amides is 2. The minimum atomic E-state index is -0.788. The summed E-state index contributed by atoms with van der Waals surface area (Å²) in [6.45, 7) is 2.47. The van der Waals surface area contributed by atoms with Gasteiger partial charge in [0.05, 0.1) is 12.1 Å². The molecule has 2 fully saturated rings. The molecule has 0 aromatic carbocycles. The molecule has 2 unspecified atom stereocenters. The third-order valence-electron chi connectivity index (χ3n) is 6.34. The molecule has 0 bridgehead atoms. The van der Waals surface area contributed by atoms with Gasteiger partial charge < -0.3 is 19.8 Å². The number of hydrogen-bond acceptors (Lipinski definition) is 5. The van der Waals surface area contributed by atoms with E-state index >= 15 is 0 Å². The fourth-order valence-electron chi connectivity index (χ4n) is 4.91. The second-order valence-electron chi connectivity index (χ2n) is 8.61. The second-order valence-corrected chi connectivity index (χ2v) is 8.61. The Kier molecular flexibility index (Phi) is 6.06. The summed E-state index contributed by atoms with van der Waals surface area (Å²) in [5.74, 6) is 1.74. The SMILES string of the molecule is Cc1cc(CC(=O)Nc2cc(C3CCC(C[C@@H]4CCCCN4C(=O)O)C3)[nH]n2)on1. The number of aryl methyl sites for hydroxylation is 1. The highest BCUT2D eigenvalue weighted by molar-refractivity contribution is 5.91. The van der Waals surface area contributed by atoms with Crippen molar-refractivity contribution in [2.24, 2.45) is 5.92 Å². The Hall–Kier alpha value is -2.84. The summed E-state index contributed by atoms with van der Waals surface area (Å²) in [6, 6.07) is 3.79. The summed E-state index contributed by atoms with van der Waals surface area (Å²) < 4.78 is 5.08. The number of carboxylic acid groups (broad SMARTS) is 1. The first-order valence-corrected chi connectivity index (χ1v) is 10.7. The van der Waals surface area contributed by atoms with Crippen LogP contribution in [0.4, 0.5) is 10.6 Å². The molecular formula is C21H29N5O4. The van der Waals surface area contributed by atoms with Crippen LogP contribution in [-0.2, 0) is 11.2 Å². The zero-order valence-electron chi connectivity index (χ0n) is 17.3. The van der Waals surface area contributed by atoms with E-state index in [2.05, 4.69) is 20.7 Å². The van der Waals surface area contributed by atoms with Gasteiger partial charge in [-0.15, -0.1) is 0 Å². The highest BCUT2D eigenvalue weighted by Gasteiger charge is 2.33. The van der Waals surface area contributed by atoms with Gasteiger partial charge in [0.25, 0.3) is 0 Å². The lowest BCUT2D eigenvalue weighted by Crippen LogP contribution is -2.43. The highest BCUT2D eigenvalue weighted by Crippen LogP contribution is 2.41. The first kappa shape index (κ1) is 20.4. The van der Waals surface area contributed by atoms with Gasteiger partial charge in [-0.25, -0.2) is 4.79 Å². The van der Waals surface area contributed by atoms with Gasteiger partial charge >= 0.3 is 6.09 Å². The number of hydrogen-bond donors (Lipinski definition) is 3. The number of rotatable bonds is 6. The Morgan fingerprint density at radius 1 is 1.30 bits per heavy atom. The first-order valence-electron chi connectivity index (χ1n) is 10.7. The minimum absolute atomic E-state index is 0.121. The van der Waals surface area contributed by atoms with Gasteiger partial charge in [0.2, 0.25) is 5.91 Å². The third-order valence-corrected chi connectivity index (χ3v) is 6.34. The fraction of sp³-hybridized carbons (Fsp3) is 0.619. The maximum absolute atomic E-state index is 12.2. The zero-order valence-corrected chi connectivity index (χ0v) is 17.3. The summed E-state index contributed by atoms with van der Waals surface area (Å²) in [6.07, 6.45) is 6.50. The van der Waals surface area contributed by atoms with Gasteiger partial charge in [-0.2, -0.15) is 5.10 Å². The van der Waals surface area contributed by atoms with Gasteiger partial charge in [-0.3, -0.25) is 9.89 Å². The zero-order chi connectivity index (χ0) is 21.1. The van der Waals surface area contributed by atoms with Gasteiger partial charge in [0, 0.05) is 36.3 Å². The van der Waals surface area contributed by atoms with Crippen LogP contribution in [0.5, 0.6) is 0 Å². The quantitative estimate of drug-likeness (QED) is 0.661. The molecule has 0 spiro atoms. The van der Waals surface area contributed by atoms with Crippen LogP contribution in [-0.4, -0.2) is 49.9 Å². The molecule has 9 heteroatoms. The Morgan fingerprint density at radius 2 is 2.17 bits per heavy atom. The molecule has 1 saturated carbocycles. The molecule has 30 heavy (non-hydrogen) atoms. The monoisotopic (exact) mass is 415 g/mol. The summed E-state index contributed by atoms with van der Waals surface area (Å²) >= 11 is 0. The Balaban J connectivity index is 1.29. The van der Waals surface area contributed by atoms with Crippen molar-refractivity contribution in [3.05, 3.63) is 29.3 Å². The summed E-state index contributed by atoms with van der Waals surface area (Å²) in [5, 5.41) is 23.3. The van der Waals surface area contributed by atoms with E-state index in [0.717, 1.165) is 56.3 Å². The molecule has 4 rings (SSSR count). The number of nitrogens with zero attached hydrogens (tertiary/aromatic N) is 3. The summed E-state index contributed by atoms with van der Waals surface area (Å²) in [7, 11) is 0. The van der Waals surface area contributed by atoms with Crippen molar-refractivity contribution in [3.63, 3.8) is 0 Å². The summed E-state index contributed by atoms with van der Waals surface area (Å²) in [4.78, 5) is 25.3. The van der Waals surface area contributed by atoms with Crippen molar-refractivity contribution in [3.8, 4) is 0 Å². The molecule has 0 radical (unpaired) electrons. The number of carbonyl (C=O) groups is 2. The standard InChI is InChI=1S/C21H29N5O4/c1-13-8-17(30-25-13)11-20(27)22-19-12-18(23-24-19)15-6-5-14(9-15)10-16-4-2-3-7-26(16)21(28)29/h8,12,14-16H,2-7,9-11H2,1H3,(H,28,29)(H2,22,23,24,27)/t14?,15?,16-/m0/s1. The van der Waals surface area contributed by atoms with Gasteiger partial charge in [-0.1, -0.05) is 5.16 Å². The molecule has 1 aliphatic carbocycles. The molecule has 3 N–H and O–H groups in total. The Labute approximate surface area is 175 Å². The van der Waals surface area contributed by atoms with Crippen LogP contribution in [0.15, 0.2) is 16.7 Å². The van der Waals surface area contributed by atoms with E-state index in [4.69, 9.17) is 4.52 Å². The third kappa shape index (κ3) is 4.83. The van der Waals surface area contributed by atoms with Crippen LogP contribution in [0.2, 0.25) is 0 Å². The average Bonchev–Trinajstić information content (AvgIpc) is 3.44. The van der Waals surface area contributed by atoms with Crippen molar-refractivity contribution in [1.29, 1.82) is 0 Å². The lowest BCUT2D eigenvalue weighted by molar-refractivity contribution is -0.115. The van der Waals surface area contributed by atoms with Crippen molar-refractivity contribution >= 4 is 17.8 Å². The van der Waals surface area contributed by atoms with E-state index < -0.39 is 6.09 Å². The van der Waals surface area contributed by atoms with Crippen LogP contribution in [0, 0.1) is 12.8 Å². The molecule has 3 heterocycles. The topological polar surface area (TPSA) is 124 Å². The maximum atomic E-state index is 12.2. The Morgan fingerprint density at radius 3 is 2.93 bits per heavy atom. The van der Waals surface area contributed by atoms with Crippen LogP contribution in [0.25, 0.3) is 0 Å². The van der Waals surface area contributed by atoms with Crippen molar-refractivity contribution in [1.82, 2.24) is 20.3 Å². The minimum Gasteiger partial charge on any atom is -0.465 e. The van der Waals surface area contributed by atoms with Crippen LogP contribution in [0.3, 0.4) is 0 Å². The van der Waals surface area contributed by atoms with E-state index in [0.29, 0.717) is 30.0 Å². The van der Waals surface area contributed by atoms with E-state index in [1.54, 1.807) is 11.0 Å². The van der Waals surface area contributed by atoms with Crippen molar-refractivity contribution in [2.75, 3.05) is 11.9 Å². The number of aromatic nitrogens is 3. The van der Waals surface area contributed by atoms with Crippen molar-refractivity contribution < 1.29 is 19.2 Å². The summed E-state index contributed by atoms with van der Waals surface area (Å²) in [5.41, 5.74) is 1.78. The van der Waals surface area contributed by atoms with Gasteiger partial charge in [-0.05, 0) is 57.8 Å². The van der Waals surface area contributed by atoms with Gasteiger partial charge in [0.1, 0.15) is 5.76 Å². The molecule has 1 saturated heterocycles. The molecule has 3 atom stereocenters. The molecule has 2 aromatic heterocycles. The smallest absolute Gasteiger partial charge is 0.407 e. The van der Waals surface area contributed by atoms with Crippen LogP contribution < -0.4 is 5.32 Å². The normalized spacial score (nSPS) is 24.2. The van der Waals surface area contributed by atoms with Crippen molar-refractivity contribution in [2.45, 2.75) is 70.3 Å². The van der Waals surface area contributed by atoms with E-state index in [-0.39, 0.29) is 18.4 Å². The number of H-pyrrole nitrogens is 1. The lowest BCUT2D eigenvalue weighted by Gasteiger charge is -2.35. The predicted molar refractivity (Wildman–Crippen MR) is 109 cm³/mol. The lowest BCUT2D eigenvalue weighted by atomic mass is 9.90. The number of anilines is 1. The van der Waals surface area contributed by atoms with E-state index in [1.165, 1.54) is 0 Å². The number of aromatic amines is 1. The molecule has 162 valence electrons. The molecule has 2 amide bonds. The predicted octanol–water partition coefficient (Wildman–Crippen LogP) is 3.69. The highest BCUT2D eigenvalue weighted by atomic mass is 16.5. The number of nitrogens with one attached hydrogen (secondary N) is 2. The van der Waals surface area contributed by atoms with Gasteiger partial charge in [0.15, 0.2) is 5.82 Å². The maximum Gasteiger partial charge on any atom is 0.407 e. The first-order chi connectivity index (χ1) is 14.5. The molecule has 1 aliphatic heterocycles. The molecular weight excluding hydrogens is 386 g/mol. The largest absolute Gasteiger partial charge is 0.465 e. The Bertz CT molecular complexity index is 892. The number of likely N-dealkylation sites (tertiary alicyclic amines) is 1. The molecule has 9 nitrogen and oxygen atoms in total. The number of piperidine rings is 1. The second kappa shape index (κ2) is 8.89. The fourth-order valence-corrected chi connectivity index (χ4v) is 4.91. The van der Waals surface area contributed by atoms with E-state index in [1.807, 2.05) is 13.0 Å². The molecule has 2 aliphatic rings. The number of carbonyl (C=O) groups excluding carboxylic acids is 1. The van der Waals surface area contributed by atoms with Crippen LogP contribution in [0.1, 0.15) is 68.0 Å².